The van der Waals surface area contributed by atoms with E-state index in [1.807, 2.05) is 51.1 Å². The summed E-state index contributed by atoms with van der Waals surface area (Å²) in [5, 5.41) is 1.15. The average molecular weight is 342 g/mol. The van der Waals surface area contributed by atoms with Gasteiger partial charge in [-0.25, -0.2) is 13.1 Å². The molecule has 4 nitrogen and oxygen atoms in total. The second-order valence-corrected chi connectivity index (χ2v) is 7.93. The van der Waals surface area contributed by atoms with E-state index in [1.165, 1.54) is 0 Å². The number of H-pyrrole nitrogens is 1. The first-order valence-electron chi connectivity index (χ1n) is 8.01. The van der Waals surface area contributed by atoms with Gasteiger partial charge >= 0.3 is 0 Å². The van der Waals surface area contributed by atoms with E-state index in [0.717, 1.165) is 33.3 Å². The highest BCUT2D eigenvalue weighted by molar-refractivity contribution is 7.89. The van der Waals surface area contributed by atoms with E-state index < -0.39 is 10.0 Å². The SMILES string of the molecule is Cc1ccc(C)c(S(=O)(=O)NCCc2c(C)[nH]c3ccccc23)c1. The summed E-state index contributed by atoms with van der Waals surface area (Å²) in [6.07, 6.45) is 0.653. The lowest BCUT2D eigenvalue weighted by atomic mass is 10.1. The Labute approximate surface area is 143 Å². The number of sulfonamides is 1. The zero-order valence-electron chi connectivity index (χ0n) is 14.2. The highest BCUT2D eigenvalue weighted by Gasteiger charge is 2.17. The molecule has 126 valence electrons. The number of aromatic amines is 1. The van der Waals surface area contributed by atoms with Crippen LogP contribution in [0.15, 0.2) is 47.4 Å². The molecule has 3 rings (SSSR count). The van der Waals surface area contributed by atoms with Gasteiger partial charge < -0.3 is 4.98 Å². The maximum absolute atomic E-state index is 12.6. The van der Waals surface area contributed by atoms with E-state index >= 15 is 0 Å². The molecule has 0 atom stereocenters. The van der Waals surface area contributed by atoms with Crippen molar-refractivity contribution >= 4 is 20.9 Å². The van der Waals surface area contributed by atoms with Crippen LogP contribution in [0.3, 0.4) is 0 Å². The predicted octanol–water partition coefficient (Wildman–Crippen LogP) is 3.61. The molecular weight excluding hydrogens is 320 g/mol. The van der Waals surface area contributed by atoms with Gasteiger partial charge in [0.1, 0.15) is 0 Å². The third-order valence-corrected chi connectivity index (χ3v) is 5.93. The first-order valence-corrected chi connectivity index (χ1v) is 9.50. The summed E-state index contributed by atoms with van der Waals surface area (Å²) < 4.78 is 27.9. The fraction of sp³-hybridized carbons (Fsp3) is 0.263. The molecule has 0 spiro atoms. The van der Waals surface area contributed by atoms with Crippen molar-refractivity contribution < 1.29 is 8.42 Å². The molecule has 24 heavy (non-hydrogen) atoms. The molecular formula is C19H22N2O2S. The minimum atomic E-state index is -3.49. The van der Waals surface area contributed by atoms with Crippen molar-refractivity contribution in [1.82, 2.24) is 9.71 Å². The topological polar surface area (TPSA) is 62.0 Å². The van der Waals surface area contributed by atoms with Crippen molar-refractivity contribution in [2.75, 3.05) is 6.54 Å². The number of fused-ring (bicyclic) bond motifs is 1. The zero-order valence-corrected chi connectivity index (χ0v) is 15.0. The highest BCUT2D eigenvalue weighted by Crippen LogP contribution is 2.22. The summed E-state index contributed by atoms with van der Waals surface area (Å²) in [7, 11) is -3.49. The largest absolute Gasteiger partial charge is 0.358 e. The van der Waals surface area contributed by atoms with Gasteiger partial charge in [-0.15, -0.1) is 0 Å². The molecule has 0 aliphatic rings. The Morgan fingerprint density at radius 3 is 2.58 bits per heavy atom. The van der Waals surface area contributed by atoms with Crippen molar-refractivity contribution in [2.45, 2.75) is 32.1 Å². The van der Waals surface area contributed by atoms with Crippen molar-refractivity contribution in [3.63, 3.8) is 0 Å². The van der Waals surface area contributed by atoms with Gasteiger partial charge in [0.05, 0.1) is 4.90 Å². The molecule has 0 fully saturated rings. The van der Waals surface area contributed by atoms with Crippen LogP contribution in [-0.2, 0) is 16.4 Å². The highest BCUT2D eigenvalue weighted by atomic mass is 32.2. The van der Waals surface area contributed by atoms with Crippen molar-refractivity contribution in [3.05, 3.63) is 64.8 Å². The Balaban J connectivity index is 1.78. The van der Waals surface area contributed by atoms with Crippen LogP contribution in [0.5, 0.6) is 0 Å². The summed E-state index contributed by atoms with van der Waals surface area (Å²) in [5.41, 5.74) is 5.03. The molecule has 5 heteroatoms. The third-order valence-electron chi connectivity index (χ3n) is 4.33. The summed E-state index contributed by atoms with van der Waals surface area (Å²) in [6.45, 7) is 6.11. The smallest absolute Gasteiger partial charge is 0.240 e. The summed E-state index contributed by atoms with van der Waals surface area (Å²) in [4.78, 5) is 3.71. The zero-order chi connectivity index (χ0) is 17.3. The van der Waals surface area contributed by atoms with Crippen LogP contribution in [0, 0.1) is 20.8 Å². The molecule has 0 aliphatic heterocycles. The maximum Gasteiger partial charge on any atom is 0.240 e. The van der Waals surface area contributed by atoms with Crippen molar-refractivity contribution in [1.29, 1.82) is 0 Å². The number of para-hydroxylation sites is 1. The van der Waals surface area contributed by atoms with E-state index in [0.29, 0.717) is 17.9 Å². The lowest BCUT2D eigenvalue weighted by Crippen LogP contribution is -2.26. The second kappa shape index (κ2) is 6.42. The fourth-order valence-electron chi connectivity index (χ4n) is 3.04. The standard InChI is InChI=1S/C19H22N2O2S/c1-13-8-9-14(2)19(12-13)24(22,23)20-11-10-16-15(3)21-18-7-5-4-6-17(16)18/h4-9,12,20-21H,10-11H2,1-3H3. The summed E-state index contributed by atoms with van der Waals surface area (Å²) in [5.74, 6) is 0. The Morgan fingerprint density at radius 1 is 1.04 bits per heavy atom. The van der Waals surface area contributed by atoms with Crippen molar-refractivity contribution in [3.8, 4) is 0 Å². The molecule has 0 unspecified atom stereocenters. The number of rotatable bonds is 5. The van der Waals surface area contributed by atoms with Crippen LogP contribution < -0.4 is 4.72 Å². The molecule has 0 amide bonds. The molecule has 0 saturated heterocycles. The Bertz CT molecular complexity index is 988. The average Bonchev–Trinajstić information content (AvgIpc) is 2.85. The minimum absolute atomic E-state index is 0.359. The van der Waals surface area contributed by atoms with E-state index in [4.69, 9.17) is 0 Å². The Hall–Kier alpha value is -2.11. The number of hydrogen-bond donors (Lipinski definition) is 2. The predicted molar refractivity (Wildman–Crippen MR) is 97.8 cm³/mol. The van der Waals surface area contributed by atoms with Crippen molar-refractivity contribution in [2.24, 2.45) is 0 Å². The molecule has 1 heterocycles. The second-order valence-electron chi connectivity index (χ2n) is 6.19. The van der Waals surface area contributed by atoms with Crippen LogP contribution in [0.2, 0.25) is 0 Å². The monoisotopic (exact) mass is 342 g/mol. The van der Waals surface area contributed by atoms with Gasteiger partial charge in [-0.05, 0) is 56.0 Å². The molecule has 3 aromatic rings. The van der Waals surface area contributed by atoms with Gasteiger partial charge in [0.2, 0.25) is 10.0 Å². The maximum atomic E-state index is 12.6. The van der Waals surface area contributed by atoms with E-state index in [1.54, 1.807) is 6.07 Å². The summed E-state index contributed by atoms with van der Waals surface area (Å²) in [6, 6.07) is 13.6. The number of nitrogens with one attached hydrogen (secondary N) is 2. The Kier molecular flexibility index (Phi) is 4.47. The van der Waals surface area contributed by atoms with Gasteiger partial charge in [0.15, 0.2) is 0 Å². The lowest BCUT2D eigenvalue weighted by Gasteiger charge is -2.10. The molecule has 0 radical (unpaired) electrons. The summed E-state index contributed by atoms with van der Waals surface area (Å²) >= 11 is 0. The number of aryl methyl sites for hydroxylation is 3. The molecule has 2 N–H and O–H groups in total. The van der Waals surface area contributed by atoms with Crippen LogP contribution in [-0.4, -0.2) is 19.9 Å². The van der Waals surface area contributed by atoms with E-state index in [2.05, 4.69) is 15.8 Å². The van der Waals surface area contributed by atoms with Crippen LogP contribution >= 0.6 is 0 Å². The molecule has 0 aliphatic carbocycles. The van der Waals surface area contributed by atoms with Crippen LogP contribution in [0.4, 0.5) is 0 Å². The number of benzene rings is 2. The molecule has 2 aromatic carbocycles. The lowest BCUT2D eigenvalue weighted by molar-refractivity contribution is 0.581. The molecule has 0 bridgehead atoms. The van der Waals surface area contributed by atoms with E-state index in [-0.39, 0.29) is 0 Å². The molecule has 0 saturated carbocycles. The number of aromatic nitrogens is 1. The van der Waals surface area contributed by atoms with Gasteiger partial charge in [0.25, 0.3) is 0 Å². The quantitative estimate of drug-likeness (QED) is 0.744. The Morgan fingerprint density at radius 2 is 1.79 bits per heavy atom. The number of hydrogen-bond acceptors (Lipinski definition) is 2. The van der Waals surface area contributed by atoms with Gasteiger partial charge in [0, 0.05) is 23.1 Å². The van der Waals surface area contributed by atoms with Gasteiger partial charge in [-0.1, -0.05) is 30.3 Å². The first-order chi connectivity index (χ1) is 11.4. The van der Waals surface area contributed by atoms with Crippen LogP contribution in [0.25, 0.3) is 10.9 Å². The van der Waals surface area contributed by atoms with Gasteiger partial charge in [-0.3, -0.25) is 0 Å². The van der Waals surface area contributed by atoms with Crippen LogP contribution in [0.1, 0.15) is 22.4 Å². The molecule has 1 aromatic heterocycles. The normalized spacial score (nSPS) is 12.0. The van der Waals surface area contributed by atoms with Gasteiger partial charge in [-0.2, -0.15) is 0 Å². The minimum Gasteiger partial charge on any atom is -0.358 e. The third kappa shape index (κ3) is 3.23. The van der Waals surface area contributed by atoms with E-state index in [9.17, 15) is 8.42 Å². The first kappa shape index (κ1) is 16.7. The fourth-order valence-corrected chi connectivity index (χ4v) is 4.40.